The molecule has 4 bridgehead atoms. The summed E-state index contributed by atoms with van der Waals surface area (Å²) in [6.07, 6.45) is 11.6. The van der Waals surface area contributed by atoms with E-state index in [1.165, 1.54) is 51.8 Å². The van der Waals surface area contributed by atoms with E-state index >= 15 is 0 Å². The van der Waals surface area contributed by atoms with Crippen LogP contribution in [0.15, 0.2) is 12.3 Å². The van der Waals surface area contributed by atoms with E-state index in [0.29, 0.717) is 23.8 Å². The number of aromatic nitrogens is 1. The summed E-state index contributed by atoms with van der Waals surface area (Å²) in [6.45, 7) is 0.711. The first-order valence-corrected chi connectivity index (χ1v) is 12.2. The van der Waals surface area contributed by atoms with Gasteiger partial charge in [-0.05, 0) is 81.1 Å². The molecule has 6 rings (SSSR count). The van der Waals surface area contributed by atoms with Gasteiger partial charge in [-0.2, -0.15) is 8.42 Å². The number of hydrogen-bond donors (Lipinski definition) is 2. The van der Waals surface area contributed by atoms with Crippen molar-refractivity contribution in [1.29, 1.82) is 0 Å². The molecule has 8 heteroatoms. The van der Waals surface area contributed by atoms with Crippen LogP contribution in [0.3, 0.4) is 0 Å². The summed E-state index contributed by atoms with van der Waals surface area (Å²) in [5.74, 6) is 2.92. The van der Waals surface area contributed by atoms with E-state index in [4.69, 9.17) is 4.74 Å². The lowest BCUT2D eigenvalue weighted by atomic mass is 9.50. The topological polar surface area (TPSA) is 97.4 Å². The van der Waals surface area contributed by atoms with Gasteiger partial charge >= 0.3 is 10.2 Å². The van der Waals surface area contributed by atoms with Gasteiger partial charge in [0.05, 0.1) is 12.2 Å². The molecule has 7 nitrogen and oxygen atoms in total. The van der Waals surface area contributed by atoms with Crippen LogP contribution in [0.2, 0.25) is 0 Å². The molecule has 0 saturated heterocycles. The summed E-state index contributed by atoms with van der Waals surface area (Å²) in [6, 6.07) is 1.75. The molecule has 5 saturated carbocycles. The predicted molar refractivity (Wildman–Crippen MR) is 108 cm³/mol. The van der Waals surface area contributed by atoms with Crippen LogP contribution in [0.4, 0.5) is 0 Å². The van der Waals surface area contributed by atoms with E-state index in [1.807, 2.05) is 4.72 Å². The van der Waals surface area contributed by atoms with E-state index in [-0.39, 0.29) is 5.56 Å². The maximum atomic E-state index is 12.3. The Kier molecular flexibility index (Phi) is 4.62. The maximum Gasteiger partial charge on any atom is 0.301 e. The number of rotatable bonds is 7. The lowest BCUT2D eigenvalue weighted by molar-refractivity contribution is -0.0753. The minimum atomic E-state index is -3.84. The van der Waals surface area contributed by atoms with Crippen molar-refractivity contribution >= 4 is 16.1 Å². The zero-order chi connectivity index (χ0) is 20.2. The molecule has 2 N–H and O–H groups in total. The first-order chi connectivity index (χ1) is 13.8. The van der Waals surface area contributed by atoms with E-state index in [0.717, 1.165) is 36.2 Å². The predicted octanol–water partition coefficient (Wildman–Crippen LogP) is 2.75. The van der Waals surface area contributed by atoms with Crippen molar-refractivity contribution < 1.29 is 17.9 Å². The highest BCUT2D eigenvalue weighted by molar-refractivity contribution is 7.88. The Morgan fingerprint density at radius 3 is 2.34 bits per heavy atom. The largest absolute Gasteiger partial charge is 0.477 e. The van der Waals surface area contributed by atoms with Gasteiger partial charge in [-0.3, -0.25) is 4.79 Å². The molecule has 1 aromatic rings. The highest BCUT2D eigenvalue weighted by Crippen LogP contribution is 2.60. The molecule has 1 amide bonds. The van der Waals surface area contributed by atoms with Crippen molar-refractivity contribution in [2.75, 3.05) is 13.7 Å². The molecular formula is C21H29N3O4S. The first-order valence-electron chi connectivity index (χ1n) is 10.7. The molecule has 0 radical (unpaired) electrons. The van der Waals surface area contributed by atoms with Crippen molar-refractivity contribution in [2.45, 2.75) is 57.3 Å². The van der Waals surface area contributed by atoms with Crippen LogP contribution in [-0.2, 0) is 10.2 Å². The van der Waals surface area contributed by atoms with Gasteiger partial charge in [0.2, 0.25) is 5.88 Å². The van der Waals surface area contributed by atoms with Gasteiger partial charge in [0, 0.05) is 24.2 Å². The monoisotopic (exact) mass is 419 g/mol. The van der Waals surface area contributed by atoms with Crippen LogP contribution >= 0.6 is 0 Å². The van der Waals surface area contributed by atoms with Crippen molar-refractivity contribution in [3.8, 4) is 5.88 Å². The number of pyridine rings is 1. The second kappa shape index (κ2) is 6.94. The molecule has 158 valence electrons. The fourth-order valence-electron chi connectivity index (χ4n) is 6.32. The molecule has 5 aliphatic rings. The third kappa shape index (κ3) is 3.89. The molecule has 0 aromatic carbocycles. The number of ether oxygens (including phenoxy) is 1. The standard InChI is InChI=1S/C21H29N3O4S/c1-22-29(26,27)24-19(25)17-7-18(16-2-3-16)20(23-11-17)28-12-21-8-13-4-14(9-21)6-15(5-13)10-21/h7,11,13-16,22H,2-6,8-10,12H2,1H3,(H,24,25). The zero-order valence-corrected chi connectivity index (χ0v) is 17.6. The van der Waals surface area contributed by atoms with E-state index < -0.39 is 16.1 Å². The first kappa shape index (κ1) is 19.3. The molecule has 5 fully saturated rings. The molecule has 1 aromatic heterocycles. The Balaban J connectivity index is 1.32. The van der Waals surface area contributed by atoms with Crippen LogP contribution in [0.1, 0.15) is 73.2 Å². The fourth-order valence-corrected chi connectivity index (χ4v) is 6.79. The number of hydrogen-bond acceptors (Lipinski definition) is 5. The van der Waals surface area contributed by atoms with Gasteiger partial charge in [-0.15, -0.1) is 0 Å². The fraction of sp³-hybridized carbons (Fsp3) is 0.714. The van der Waals surface area contributed by atoms with Crippen LogP contribution in [-0.4, -0.2) is 33.0 Å². The zero-order valence-electron chi connectivity index (χ0n) is 16.8. The average molecular weight is 420 g/mol. The van der Waals surface area contributed by atoms with Crippen LogP contribution in [0.25, 0.3) is 0 Å². The molecule has 29 heavy (non-hydrogen) atoms. The van der Waals surface area contributed by atoms with Gasteiger partial charge in [0.25, 0.3) is 5.91 Å². The van der Waals surface area contributed by atoms with Gasteiger partial charge in [0.15, 0.2) is 0 Å². The molecule has 0 aliphatic heterocycles. The minimum Gasteiger partial charge on any atom is -0.477 e. The Morgan fingerprint density at radius 1 is 1.17 bits per heavy atom. The Bertz CT molecular complexity index is 891. The maximum absolute atomic E-state index is 12.3. The number of nitrogens with zero attached hydrogens (tertiary/aromatic N) is 1. The van der Waals surface area contributed by atoms with Crippen molar-refractivity contribution in [3.63, 3.8) is 0 Å². The molecule has 0 unspecified atom stereocenters. The van der Waals surface area contributed by atoms with E-state index in [2.05, 4.69) is 9.71 Å². The Morgan fingerprint density at radius 2 is 1.79 bits per heavy atom. The molecule has 0 atom stereocenters. The second-order valence-electron chi connectivity index (χ2n) is 9.74. The van der Waals surface area contributed by atoms with Gasteiger partial charge < -0.3 is 4.74 Å². The number of carbonyl (C=O) groups excluding carboxylic acids is 1. The lowest BCUT2D eigenvalue weighted by Crippen LogP contribution is -2.48. The van der Waals surface area contributed by atoms with Crippen molar-refractivity contribution in [3.05, 3.63) is 23.4 Å². The minimum absolute atomic E-state index is 0.243. The highest BCUT2D eigenvalue weighted by atomic mass is 32.2. The van der Waals surface area contributed by atoms with Gasteiger partial charge in [-0.1, -0.05) is 0 Å². The molecule has 5 aliphatic carbocycles. The molecule has 0 spiro atoms. The Labute approximate surface area is 172 Å². The number of amides is 1. The third-order valence-electron chi connectivity index (χ3n) is 7.33. The Hall–Kier alpha value is -1.67. The highest BCUT2D eigenvalue weighted by Gasteiger charge is 2.51. The van der Waals surface area contributed by atoms with Crippen LogP contribution in [0, 0.1) is 23.2 Å². The quantitative estimate of drug-likeness (QED) is 0.708. The van der Waals surface area contributed by atoms with E-state index in [9.17, 15) is 13.2 Å². The summed E-state index contributed by atoms with van der Waals surface area (Å²) in [5.41, 5.74) is 1.48. The lowest BCUT2D eigenvalue weighted by Gasteiger charge is -2.56. The van der Waals surface area contributed by atoms with Crippen molar-refractivity contribution in [2.24, 2.45) is 23.2 Å². The summed E-state index contributed by atoms with van der Waals surface area (Å²) < 4.78 is 33.6. The van der Waals surface area contributed by atoms with Gasteiger partial charge in [-0.25, -0.2) is 14.4 Å². The third-order valence-corrected chi connectivity index (χ3v) is 8.33. The SMILES string of the molecule is CNS(=O)(=O)NC(=O)c1cnc(OCC23CC4CC(CC(C4)C2)C3)c(C2CC2)c1. The summed E-state index contributed by atoms with van der Waals surface area (Å²) in [7, 11) is -2.58. The number of nitrogens with one attached hydrogen (secondary N) is 2. The van der Waals surface area contributed by atoms with Crippen LogP contribution < -0.4 is 14.2 Å². The van der Waals surface area contributed by atoms with Gasteiger partial charge in [0.1, 0.15) is 0 Å². The summed E-state index contributed by atoms with van der Waals surface area (Å²) in [5, 5.41) is 0. The smallest absolute Gasteiger partial charge is 0.301 e. The van der Waals surface area contributed by atoms with Crippen molar-refractivity contribution in [1.82, 2.24) is 14.4 Å². The molecule has 1 heterocycles. The second-order valence-corrected chi connectivity index (χ2v) is 11.4. The summed E-state index contributed by atoms with van der Waals surface area (Å²) >= 11 is 0. The average Bonchev–Trinajstić information content (AvgIpc) is 3.50. The van der Waals surface area contributed by atoms with Crippen LogP contribution in [0.5, 0.6) is 5.88 Å². The summed E-state index contributed by atoms with van der Waals surface area (Å²) in [4.78, 5) is 16.7. The number of carbonyl (C=O) groups is 1. The molecular weight excluding hydrogens is 390 g/mol. The van der Waals surface area contributed by atoms with E-state index in [1.54, 1.807) is 6.07 Å². The normalized spacial score (nSPS) is 32.9.